The Hall–Kier alpha value is -3.02. The van der Waals surface area contributed by atoms with Crippen LogP contribution in [0.3, 0.4) is 0 Å². The number of amides is 2. The number of nitrogens with zero attached hydrogens (tertiary/aromatic N) is 1. The molecule has 2 aromatic rings. The first-order valence-electron chi connectivity index (χ1n) is 11.3. The number of carbonyl (C=O) groups excluding carboxylic acids is 2. The van der Waals surface area contributed by atoms with Gasteiger partial charge in [-0.25, -0.2) is 0 Å². The molecular formula is C26H36N2O4. The Morgan fingerprint density at radius 1 is 1.06 bits per heavy atom. The van der Waals surface area contributed by atoms with Crippen LogP contribution in [0.15, 0.2) is 48.5 Å². The molecule has 0 saturated carbocycles. The number of rotatable bonds is 12. The normalized spacial score (nSPS) is 12.5. The molecule has 0 aromatic heterocycles. The monoisotopic (exact) mass is 440 g/mol. The highest BCUT2D eigenvalue weighted by Crippen LogP contribution is 2.18. The number of carbonyl (C=O) groups is 2. The van der Waals surface area contributed by atoms with Crippen LogP contribution in [-0.4, -0.2) is 42.5 Å². The average Bonchev–Trinajstić information content (AvgIpc) is 2.80. The van der Waals surface area contributed by atoms with Gasteiger partial charge in [-0.05, 0) is 63.4 Å². The number of aryl methyl sites for hydroxylation is 1. The third-order valence-electron chi connectivity index (χ3n) is 5.48. The number of ether oxygens (including phenoxy) is 2. The van der Waals surface area contributed by atoms with Gasteiger partial charge in [-0.15, -0.1) is 0 Å². The van der Waals surface area contributed by atoms with Gasteiger partial charge in [0.25, 0.3) is 0 Å². The topological polar surface area (TPSA) is 67.9 Å². The number of benzene rings is 2. The van der Waals surface area contributed by atoms with Crippen LogP contribution in [-0.2, 0) is 16.1 Å². The zero-order chi connectivity index (χ0) is 23.5. The lowest BCUT2D eigenvalue weighted by atomic mass is 10.1. The molecule has 2 rings (SSSR count). The van der Waals surface area contributed by atoms with E-state index in [1.165, 1.54) is 5.56 Å². The summed E-state index contributed by atoms with van der Waals surface area (Å²) in [5.74, 6) is 1.29. The van der Waals surface area contributed by atoms with Crippen LogP contribution in [0.4, 0.5) is 0 Å². The molecule has 0 radical (unpaired) electrons. The Bertz CT molecular complexity index is 866. The van der Waals surface area contributed by atoms with Crippen molar-refractivity contribution in [1.82, 2.24) is 10.2 Å². The molecule has 1 N–H and O–H groups in total. The van der Waals surface area contributed by atoms with Crippen LogP contribution in [0.2, 0.25) is 0 Å². The summed E-state index contributed by atoms with van der Waals surface area (Å²) in [4.78, 5) is 27.5. The predicted octanol–water partition coefficient (Wildman–Crippen LogP) is 4.49. The van der Waals surface area contributed by atoms with Crippen molar-refractivity contribution in [2.45, 2.75) is 65.6 Å². The van der Waals surface area contributed by atoms with E-state index in [2.05, 4.69) is 5.32 Å². The first-order valence-corrected chi connectivity index (χ1v) is 11.3. The Balaban J connectivity index is 2.03. The van der Waals surface area contributed by atoms with Gasteiger partial charge in [0.2, 0.25) is 11.8 Å². The zero-order valence-corrected chi connectivity index (χ0v) is 19.9. The molecule has 2 amide bonds. The van der Waals surface area contributed by atoms with Gasteiger partial charge in [-0.3, -0.25) is 9.59 Å². The van der Waals surface area contributed by atoms with Crippen molar-refractivity contribution in [2.24, 2.45) is 0 Å². The molecule has 0 spiro atoms. The predicted molar refractivity (Wildman–Crippen MR) is 127 cm³/mol. The van der Waals surface area contributed by atoms with Crippen molar-refractivity contribution in [3.8, 4) is 11.5 Å². The Labute approximate surface area is 191 Å². The lowest BCUT2D eigenvalue weighted by molar-refractivity contribution is -0.141. The van der Waals surface area contributed by atoms with Crippen molar-refractivity contribution in [1.29, 1.82) is 0 Å². The summed E-state index contributed by atoms with van der Waals surface area (Å²) in [6, 6.07) is 14.9. The van der Waals surface area contributed by atoms with Gasteiger partial charge in [0.05, 0.1) is 13.7 Å². The van der Waals surface area contributed by atoms with Gasteiger partial charge >= 0.3 is 0 Å². The number of hydrogen-bond donors (Lipinski definition) is 1. The Kier molecular flexibility index (Phi) is 10.1. The zero-order valence-electron chi connectivity index (χ0n) is 19.9. The molecule has 0 saturated heterocycles. The lowest BCUT2D eigenvalue weighted by Gasteiger charge is -2.30. The maximum Gasteiger partial charge on any atom is 0.242 e. The minimum absolute atomic E-state index is 0.0571. The number of hydrogen-bond acceptors (Lipinski definition) is 4. The fraction of sp³-hybridized carbons (Fsp3) is 0.462. The van der Waals surface area contributed by atoms with E-state index in [1.54, 1.807) is 18.9 Å². The molecule has 0 aliphatic rings. The lowest BCUT2D eigenvalue weighted by Crippen LogP contribution is -2.49. The summed E-state index contributed by atoms with van der Waals surface area (Å²) in [6.45, 7) is 8.56. The first-order chi connectivity index (χ1) is 15.3. The van der Waals surface area contributed by atoms with Crippen molar-refractivity contribution in [3.63, 3.8) is 0 Å². The van der Waals surface area contributed by atoms with E-state index in [9.17, 15) is 9.59 Å². The van der Waals surface area contributed by atoms with E-state index in [1.807, 2.05) is 69.3 Å². The van der Waals surface area contributed by atoms with Gasteiger partial charge in [-0.2, -0.15) is 0 Å². The first kappa shape index (κ1) is 25.2. The SMILES string of the molecule is CC[C@@H](C)NC(=O)[C@H](C)N(Cc1cccc(OC)c1)C(=O)CCCOc1ccc(C)cc1. The van der Waals surface area contributed by atoms with Crippen molar-refractivity contribution < 1.29 is 19.1 Å². The fourth-order valence-electron chi connectivity index (χ4n) is 3.21. The Morgan fingerprint density at radius 2 is 1.78 bits per heavy atom. The molecule has 2 atom stereocenters. The highest BCUT2D eigenvalue weighted by atomic mass is 16.5. The highest BCUT2D eigenvalue weighted by molar-refractivity contribution is 5.87. The van der Waals surface area contributed by atoms with E-state index in [0.717, 1.165) is 23.5 Å². The molecule has 0 aliphatic carbocycles. The molecule has 32 heavy (non-hydrogen) atoms. The van der Waals surface area contributed by atoms with Gasteiger partial charge < -0.3 is 19.7 Å². The second-order valence-corrected chi connectivity index (χ2v) is 8.13. The van der Waals surface area contributed by atoms with Crippen LogP contribution in [0.5, 0.6) is 11.5 Å². The molecule has 2 aromatic carbocycles. The number of methoxy groups -OCH3 is 1. The van der Waals surface area contributed by atoms with Crippen LogP contribution in [0, 0.1) is 6.92 Å². The molecule has 0 heterocycles. The number of nitrogens with one attached hydrogen (secondary N) is 1. The molecule has 0 bridgehead atoms. The van der Waals surface area contributed by atoms with E-state index in [4.69, 9.17) is 9.47 Å². The van der Waals surface area contributed by atoms with E-state index < -0.39 is 6.04 Å². The third kappa shape index (κ3) is 7.91. The summed E-state index contributed by atoms with van der Waals surface area (Å²) in [5.41, 5.74) is 2.09. The smallest absolute Gasteiger partial charge is 0.242 e. The summed E-state index contributed by atoms with van der Waals surface area (Å²) in [6.07, 6.45) is 1.70. The van der Waals surface area contributed by atoms with Gasteiger partial charge in [0.15, 0.2) is 0 Å². The average molecular weight is 441 g/mol. The van der Waals surface area contributed by atoms with Crippen LogP contribution in [0.1, 0.15) is 51.2 Å². The third-order valence-corrected chi connectivity index (χ3v) is 5.48. The molecule has 0 fully saturated rings. The highest BCUT2D eigenvalue weighted by Gasteiger charge is 2.26. The van der Waals surface area contributed by atoms with Crippen LogP contribution < -0.4 is 14.8 Å². The minimum Gasteiger partial charge on any atom is -0.497 e. The standard InChI is InChI=1S/C26H36N2O4/c1-6-20(3)27-26(30)21(4)28(18-22-9-7-10-24(17-22)31-5)25(29)11-8-16-32-23-14-12-19(2)13-15-23/h7,9-10,12-15,17,20-21H,6,8,11,16,18H2,1-5H3,(H,27,30)/t20-,21+/m1/s1. The largest absolute Gasteiger partial charge is 0.497 e. The summed E-state index contributed by atoms with van der Waals surface area (Å²) >= 11 is 0. The van der Waals surface area contributed by atoms with E-state index in [-0.39, 0.29) is 17.9 Å². The van der Waals surface area contributed by atoms with Gasteiger partial charge in [0.1, 0.15) is 17.5 Å². The van der Waals surface area contributed by atoms with Crippen molar-refractivity contribution in [3.05, 3.63) is 59.7 Å². The molecule has 6 nitrogen and oxygen atoms in total. The molecular weight excluding hydrogens is 404 g/mol. The van der Waals surface area contributed by atoms with Crippen molar-refractivity contribution >= 4 is 11.8 Å². The minimum atomic E-state index is -0.583. The van der Waals surface area contributed by atoms with Crippen LogP contribution >= 0.6 is 0 Å². The van der Waals surface area contributed by atoms with Crippen LogP contribution in [0.25, 0.3) is 0 Å². The maximum atomic E-state index is 13.1. The quantitative estimate of drug-likeness (QED) is 0.494. The molecule has 174 valence electrons. The fourth-order valence-corrected chi connectivity index (χ4v) is 3.21. The summed E-state index contributed by atoms with van der Waals surface area (Å²) in [7, 11) is 1.61. The van der Waals surface area contributed by atoms with Crippen molar-refractivity contribution in [2.75, 3.05) is 13.7 Å². The summed E-state index contributed by atoms with van der Waals surface area (Å²) in [5, 5.41) is 2.98. The van der Waals surface area contributed by atoms with Gasteiger partial charge in [0, 0.05) is 19.0 Å². The maximum absolute atomic E-state index is 13.1. The van der Waals surface area contributed by atoms with E-state index in [0.29, 0.717) is 26.0 Å². The molecule has 0 aliphatic heterocycles. The second-order valence-electron chi connectivity index (χ2n) is 8.13. The molecule has 6 heteroatoms. The van der Waals surface area contributed by atoms with E-state index >= 15 is 0 Å². The Morgan fingerprint density at radius 3 is 2.44 bits per heavy atom. The second kappa shape index (κ2) is 12.7. The summed E-state index contributed by atoms with van der Waals surface area (Å²) < 4.78 is 11.0. The van der Waals surface area contributed by atoms with Gasteiger partial charge in [-0.1, -0.05) is 36.8 Å². The molecule has 0 unspecified atom stereocenters.